The summed E-state index contributed by atoms with van der Waals surface area (Å²) in [4.78, 5) is 55.4. The second kappa shape index (κ2) is 8.45. The number of nitrogens with zero attached hydrogens (tertiary/aromatic N) is 3. The molecular formula is C22H29N3O5. The Hall–Kier alpha value is -2.90. The summed E-state index contributed by atoms with van der Waals surface area (Å²) >= 11 is 0. The maximum absolute atomic E-state index is 13.2. The van der Waals surface area contributed by atoms with E-state index in [1.165, 1.54) is 4.90 Å². The Kier molecular flexibility index (Phi) is 6.14. The van der Waals surface area contributed by atoms with E-state index in [2.05, 4.69) is 0 Å². The number of anilines is 1. The van der Waals surface area contributed by atoms with Crippen LogP contribution in [0.3, 0.4) is 0 Å². The van der Waals surface area contributed by atoms with Crippen LogP contribution in [0.4, 0.5) is 5.69 Å². The average molecular weight is 415 g/mol. The predicted octanol–water partition coefficient (Wildman–Crippen LogP) is 2.18. The molecule has 1 unspecified atom stereocenters. The van der Waals surface area contributed by atoms with E-state index in [1.807, 2.05) is 26.8 Å². The maximum Gasteiger partial charge on any atom is 0.325 e. The summed E-state index contributed by atoms with van der Waals surface area (Å²) in [5, 5.41) is 0. The highest BCUT2D eigenvalue weighted by Gasteiger charge is 2.52. The zero-order valence-corrected chi connectivity index (χ0v) is 18.0. The molecule has 0 bridgehead atoms. The van der Waals surface area contributed by atoms with Gasteiger partial charge in [0.05, 0.1) is 17.9 Å². The van der Waals surface area contributed by atoms with Crippen molar-refractivity contribution in [2.75, 3.05) is 24.6 Å². The van der Waals surface area contributed by atoms with Gasteiger partial charge in [0.25, 0.3) is 5.91 Å². The minimum absolute atomic E-state index is 0.0279. The normalized spacial score (nSPS) is 20.3. The van der Waals surface area contributed by atoms with Gasteiger partial charge in [-0.3, -0.25) is 24.1 Å². The van der Waals surface area contributed by atoms with Gasteiger partial charge in [-0.1, -0.05) is 12.1 Å². The first-order valence-corrected chi connectivity index (χ1v) is 10.4. The van der Waals surface area contributed by atoms with Crippen LogP contribution in [0.5, 0.6) is 0 Å². The Morgan fingerprint density at radius 1 is 1.23 bits per heavy atom. The lowest BCUT2D eigenvalue weighted by Gasteiger charge is -2.48. The number of carbonyl (C=O) groups is 4. The summed E-state index contributed by atoms with van der Waals surface area (Å²) in [6, 6.07) is 6.89. The summed E-state index contributed by atoms with van der Waals surface area (Å²) in [5.41, 5.74) is 0.290. The van der Waals surface area contributed by atoms with Crippen LogP contribution in [0.25, 0.3) is 0 Å². The summed E-state index contributed by atoms with van der Waals surface area (Å²) < 4.78 is 4.97. The van der Waals surface area contributed by atoms with E-state index in [0.29, 0.717) is 24.1 Å². The third kappa shape index (κ3) is 3.78. The second-order valence-electron chi connectivity index (χ2n) is 8.09. The lowest BCUT2D eigenvalue weighted by atomic mass is 9.98. The molecule has 1 aromatic rings. The third-order valence-electron chi connectivity index (χ3n) is 5.84. The number of benzene rings is 1. The van der Waals surface area contributed by atoms with Crippen molar-refractivity contribution in [2.24, 2.45) is 0 Å². The molecule has 2 aliphatic heterocycles. The van der Waals surface area contributed by atoms with Crippen LogP contribution in [0.15, 0.2) is 24.3 Å². The van der Waals surface area contributed by atoms with E-state index >= 15 is 0 Å². The Morgan fingerprint density at radius 3 is 2.60 bits per heavy atom. The molecule has 8 heteroatoms. The van der Waals surface area contributed by atoms with Gasteiger partial charge in [0, 0.05) is 25.4 Å². The van der Waals surface area contributed by atoms with Gasteiger partial charge in [-0.05, 0) is 46.2 Å². The highest BCUT2D eigenvalue weighted by Crippen LogP contribution is 2.43. The Bertz CT molecular complexity index is 868. The Morgan fingerprint density at radius 2 is 1.93 bits per heavy atom. The number of amides is 3. The largest absolute Gasteiger partial charge is 0.465 e. The van der Waals surface area contributed by atoms with Gasteiger partial charge in [0.1, 0.15) is 12.2 Å². The van der Waals surface area contributed by atoms with Crippen LogP contribution in [0.1, 0.15) is 57.3 Å². The van der Waals surface area contributed by atoms with Gasteiger partial charge in [0.2, 0.25) is 11.8 Å². The smallest absolute Gasteiger partial charge is 0.325 e. The zero-order chi connectivity index (χ0) is 22.1. The lowest BCUT2D eigenvalue weighted by molar-refractivity contribution is -0.150. The molecule has 3 rings (SSSR count). The lowest BCUT2D eigenvalue weighted by Crippen LogP contribution is -2.62. The number of ether oxygens (including phenoxy) is 1. The first-order valence-electron chi connectivity index (χ1n) is 10.4. The molecule has 0 aliphatic carbocycles. The highest BCUT2D eigenvalue weighted by molar-refractivity contribution is 6.10. The van der Waals surface area contributed by atoms with Crippen molar-refractivity contribution < 1.29 is 23.9 Å². The molecule has 0 N–H and O–H groups in total. The van der Waals surface area contributed by atoms with E-state index in [9.17, 15) is 19.2 Å². The number of carbonyl (C=O) groups excluding carboxylic acids is 4. The topological polar surface area (TPSA) is 87.2 Å². The molecule has 2 heterocycles. The van der Waals surface area contributed by atoms with Crippen molar-refractivity contribution in [2.45, 2.75) is 58.7 Å². The summed E-state index contributed by atoms with van der Waals surface area (Å²) in [7, 11) is 0. The Labute approximate surface area is 176 Å². The van der Waals surface area contributed by atoms with Gasteiger partial charge in [-0.25, -0.2) is 0 Å². The van der Waals surface area contributed by atoms with Crippen LogP contribution >= 0.6 is 0 Å². The number of para-hydroxylation sites is 1. The minimum Gasteiger partial charge on any atom is -0.465 e. The van der Waals surface area contributed by atoms with Crippen molar-refractivity contribution in [3.8, 4) is 0 Å². The van der Waals surface area contributed by atoms with Crippen LogP contribution in [0.2, 0.25) is 0 Å². The van der Waals surface area contributed by atoms with Gasteiger partial charge < -0.3 is 14.5 Å². The van der Waals surface area contributed by atoms with Crippen molar-refractivity contribution in [3.05, 3.63) is 29.8 Å². The van der Waals surface area contributed by atoms with Crippen molar-refractivity contribution in [1.82, 2.24) is 9.80 Å². The number of esters is 1. The molecular weight excluding hydrogens is 386 g/mol. The molecule has 1 aromatic carbocycles. The number of fused-ring (bicyclic) bond motifs is 3. The van der Waals surface area contributed by atoms with E-state index in [-0.39, 0.29) is 49.9 Å². The maximum atomic E-state index is 13.2. The third-order valence-corrected chi connectivity index (χ3v) is 5.84. The van der Waals surface area contributed by atoms with Crippen molar-refractivity contribution in [1.29, 1.82) is 0 Å². The van der Waals surface area contributed by atoms with Crippen LogP contribution in [0, 0.1) is 0 Å². The molecule has 3 amide bonds. The fourth-order valence-corrected chi connectivity index (χ4v) is 4.30. The van der Waals surface area contributed by atoms with Gasteiger partial charge in [-0.15, -0.1) is 0 Å². The molecule has 8 nitrogen and oxygen atoms in total. The highest BCUT2D eigenvalue weighted by atomic mass is 16.5. The first kappa shape index (κ1) is 21.8. The van der Waals surface area contributed by atoms with Crippen LogP contribution in [-0.4, -0.2) is 64.9 Å². The Balaban J connectivity index is 1.80. The van der Waals surface area contributed by atoms with Gasteiger partial charge in [-0.2, -0.15) is 0 Å². The summed E-state index contributed by atoms with van der Waals surface area (Å²) in [6.45, 7) is 7.55. The van der Waals surface area contributed by atoms with E-state index in [4.69, 9.17) is 4.74 Å². The van der Waals surface area contributed by atoms with E-state index in [0.717, 1.165) is 0 Å². The molecule has 30 heavy (non-hydrogen) atoms. The SMILES string of the molecule is CCOC(=O)CN(C(=O)CCN1C(=O)c2ccccc2N2C(=O)CCC12C)C(C)C. The quantitative estimate of drug-likeness (QED) is 0.637. The fraction of sp³-hybridized carbons (Fsp3) is 0.545. The molecule has 1 fully saturated rings. The average Bonchev–Trinajstić information content (AvgIpc) is 3.01. The fourth-order valence-electron chi connectivity index (χ4n) is 4.30. The number of hydrogen-bond acceptors (Lipinski definition) is 5. The zero-order valence-electron chi connectivity index (χ0n) is 18.0. The monoisotopic (exact) mass is 415 g/mol. The predicted molar refractivity (Wildman–Crippen MR) is 111 cm³/mol. The van der Waals surface area contributed by atoms with E-state index < -0.39 is 11.6 Å². The number of hydrogen-bond donors (Lipinski definition) is 0. The summed E-state index contributed by atoms with van der Waals surface area (Å²) in [6.07, 6.45) is 0.920. The molecule has 0 spiro atoms. The summed E-state index contributed by atoms with van der Waals surface area (Å²) in [5.74, 6) is -0.903. The molecule has 1 saturated heterocycles. The second-order valence-corrected chi connectivity index (χ2v) is 8.09. The van der Waals surface area contributed by atoms with Gasteiger partial charge >= 0.3 is 5.97 Å². The molecule has 1 atom stereocenters. The molecule has 2 aliphatic rings. The minimum atomic E-state index is -0.799. The number of rotatable bonds is 7. The van der Waals surface area contributed by atoms with Crippen LogP contribution in [-0.2, 0) is 19.1 Å². The van der Waals surface area contributed by atoms with E-state index in [1.54, 1.807) is 34.9 Å². The molecule has 162 valence electrons. The van der Waals surface area contributed by atoms with Crippen molar-refractivity contribution in [3.63, 3.8) is 0 Å². The molecule has 0 saturated carbocycles. The first-order chi connectivity index (χ1) is 14.2. The van der Waals surface area contributed by atoms with Crippen LogP contribution < -0.4 is 4.90 Å². The standard InChI is InChI=1S/C22H29N3O5/c1-5-30-20(28)14-23(15(2)3)18(26)11-13-24-21(29)16-8-6-7-9-17(16)25-19(27)10-12-22(24,25)4/h6-9,15H,5,10-14H2,1-4H3. The molecule has 0 radical (unpaired) electrons. The van der Waals surface area contributed by atoms with Gasteiger partial charge in [0.15, 0.2) is 0 Å². The van der Waals surface area contributed by atoms with Crippen molar-refractivity contribution >= 4 is 29.4 Å². The molecule has 0 aromatic heterocycles.